The normalized spacial score (nSPS) is 19.3. The molecule has 7 heteroatoms. The minimum atomic E-state index is -1.01. The third kappa shape index (κ3) is 4.19. The Hall–Kier alpha value is -3.06. The van der Waals surface area contributed by atoms with Crippen molar-refractivity contribution in [2.24, 2.45) is 0 Å². The van der Waals surface area contributed by atoms with Crippen molar-refractivity contribution in [2.75, 3.05) is 13.1 Å². The number of benzene rings is 2. The lowest BCUT2D eigenvalue weighted by Gasteiger charge is -2.36. The van der Waals surface area contributed by atoms with Gasteiger partial charge >= 0.3 is 0 Å². The number of carbonyl (C=O) groups excluding carboxylic acids is 1. The molecule has 150 valence electrons. The first kappa shape index (κ1) is 19.3. The first-order valence-corrected chi connectivity index (χ1v) is 9.41. The average molecular weight is 398 g/mol. The molecule has 3 aromatic rings. The Morgan fingerprint density at radius 2 is 2.07 bits per heavy atom. The lowest BCUT2D eigenvalue weighted by molar-refractivity contribution is -0.136. The number of nitrogens with zero attached hydrogens (tertiary/aromatic N) is 2. The number of piperidine rings is 1. The van der Waals surface area contributed by atoms with Gasteiger partial charge in [0, 0.05) is 30.1 Å². The number of ether oxygens (including phenoxy) is 1. The highest BCUT2D eigenvalue weighted by Gasteiger charge is 2.32. The highest BCUT2D eigenvalue weighted by atomic mass is 19.2. The number of aliphatic hydroxyl groups is 1. The van der Waals surface area contributed by atoms with Gasteiger partial charge in [0.1, 0.15) is 18.0 Å². The summed E-state index contributed by atoms with van der Waals surface area (Å²) >= 11 is 0. The maximum Gasteiger partial charge on any atom is 0.227 e. The molecule has 29 heavy (non-hydrogen) atoms. The Kier molecular flexibility index (Phi) is 5.40. The number of β-amino-alcohol motifs (C(OH)–C–C–N with tert-alkyl or cyclic N) is 1. The van der Waals surface area contributed by atoms with Crippen LogP contribution in [0.3, 0.4) is 0 Å². The van der Waals surface area contributed by atoms with Crippen molar-refractivity contribution in [2.45, 2.75) is 25.0 Å². The topological polar surface area (TPSA) is 62.7 Å². The maximum absolute atomic E-state index is 13.8. The van der Waals surface area contributed by atoms with Gasteiger partial charge < -0.3 is 14.7 Å². The Balaban J connectivity index is 1.38. The van der Waals surface area contributed by atoms with Gasteiger partial charge in [0.2, 0.25) is 5.91 Å². The molecule has 0 aliphatic carbocycles. The molecule has 0 bridgehead atoms. The lowest BCUT2D eigenvalue weighted by Crippen LogP contribution is -2.51. The molecule has 1 amide bonds. The molecule has 1 aromatic heterocycles. The Labute approximate surface area is 166 Å². The van der Waals surface area contributed by atoms with E-state index in [1.54, 1.807) is 12.3 Å². The molecule has 1 saturated heterocycles. The number of likely N-dealkylation sites (tertiary alicyclic amines) is 1. The van der Waals surface area contributed by atoms with Crippen LogP contribution in [-0.4, -0.2) is 46.2 Å². The summed E-state index contributed by atoms with van der Waals surface area (Å²) in [5.74, 6) is -1.72. The van der Waals surface area contributed by atoms with Crippen molar-refractivity contribution in [1.82, 2.24) is 9.88 Å². The maximum atomic E-state index is 13.8. The molecule has 1 N–H and O–H groups in total. The SMILES string of the molecule is O=C(Cc1cccc(F)c1F)N1CC[C@@H](Oc2ccc3ncccc3c2)[C@H](O)C1. The minimum absolute atomic E-state index is 0.00707. The van der Waals surface area contributed by atoms with Gasteiger partial charge in [-0.05, 0) is 30.3 Å². The largest absolute Gasteiger partial charge is 0.488 e. The van der Waals surface area contributed by atoms with E-state index in [9.17, 15) is 18.7 Å². The molecular formula is C22H20F2N2O3. The van der Waals surface area contributed by atoms with Crippen LogP contribution in [0, 0.1) is 11.6 Å². The predicted molar refractivity (Wildman–Crippen MR) is 103 cm³/mol. The molecule has 0 unspecified atom stereocenters. The molecule has 4 rings (SSSR count). The summed E-state index contributed by atoms with van der Waals surface area (Å²) in [6.07, 6.45) is 0.562. The third-order valence-corrected chi connectivity index (χ3v) is 5.11. The number of aliphatic hydroxyl groups excluding tert-OH is 1. The van der Waals surface area contributed by atoms with Crippen molar-refractivity contribution < 1.29 is 23.4 Å². The summed E-state index contributed by atoms with van der Waals surface area (Å²) in [5, 5.41) is 11.4. The molecule has 1 fully saturated rings. The van der Waals surface area contributed by atoms with Crippen LogP contribution >= 0.6 is 0 Å². The summed E-state index contributed by atoms with van der Waals surface area (Å²) in [6.45, 7) is 0.447. The van der Waals surface area contributed by atoms with E-state index in [0.717, 1.165) is 17.0 Å². The van der Waals surface area contributed by atoms with Gasteiger partial charge in [-0.25, -0.2) is 8.78 Å². The second-order valence-corrected chi connectivity index (χ2v) is 7.10. The second-order valence-electron chi connectivity index (χ2n) is 7.10. The van der Waals surface area contributed by atoms with Crippen molar-refractivity contribution in [3.8, 4) is 5.75 Å². The minimum Gasteiger partial charge on any atom is -0.488 e. The van der Waals surface area contributed by atoms with E-state index < -0.39 is 23.8 Å². The van der Waals surface area contributed by atoms with E-state index in [4.69, 9.17) is 4.74 Å². The zero-order valence-corrected chi connectivity index (χ0v) is 15.6. The Morgan fingerprint density at radius 3 is 2.90 bits per heavy atom. The summed E-state index contributed by atoms with van der Waals surface area (Å²) in [4.78, 5) is 18.2. The first-order chi connectivity index (χ1) is 14.0. The van der Waals surface area contributed by atoms with Crippen LogP contribution in [0.2, 0.25) is 0 Å². The molecule has 0 saturated carbocycles. The van der Waals surface area contributed by atoms with Crippen LogP contribution in [0.15, 0.2) is 54.7 Å². The van der Waals surface area contributed by atoms with Crippen LogP contribution in [0.1, 0.15) is 12.0 Å². The van der Waals surface area contributed by atoms with Gasteiger partial charge in [-0.1, -0.05) is 18.2 Å². The number of fused-ring (bicyclic) bond motifs is 1. The van der Waals surface area contributed by atoms with Crippen LogP contribution in [0.4, 0.5) is 8.78 Å². The van der Waals surface area contributed by atoms with Gasteiger partial charge in [-0.15, -0.1) is 0 Å². The molecule has 5 nitrogen and oxygen atoms in total. The zero-order valence-electron chi connectivity index (χ0n) is 15.6. The van der Waals surface area contributed by atoms with E-state index in [0.29, 0.717) is 18.7 Å². The average Bonchev–Trinajstić information content (AvgIpc) is 2.72. The van der Waals surface area contributed by atoms with E-state index in [2.05, 4.69) is 4.98 Å². The van der Waals surface area contributed by atoms with Gasteiger partial charge in [-0.2, -0.15) is 0 Å². The van der Waals surface area contributed by atoms with Crippen molar-refractivity contribution >= 4 is 16.8 Å². The van der Waals surface area contributed by atoms with E-state index >= 15 is 0 Å². The standard InChI is InChI=1S/C22H20F2N2O3/c23-17-5-1-3-15(22(17)24)12-21(28)26-10-8-20(19(27)13-26)29-16-6-7-18-14(11-16)4-2-9-25-18/h1-7,9,11,19-20,27H,8,10,12-13H2/t19-,20-/m1/s1. The highest BCUT2D eigenvalue weighted by Crippen LogP contribution is 2.24. The van der Waals surface area contributed by atoms with Crippen molar-refractivity contribution in [3.63, 3.8) is 0 Å². The number of hydrogen-bond acceptors (Lipinski definition) is 4. The highest BCUT2D eigenvalue weighted by molar-refractivity contribution is 5.80. The van der Waals surface area contributed by atoms with Crippen molar-refractivity contribution in [1.29, 1.82) is 0 Å². The summed E-state index contributed by atoms with van der Waals surface area (Å²) in [7, 11) is 0. The number of halogens is 2. The van der Waals surface area contributed by atoms with E-state index in [1.165, 1.54) is 17.0 Å². The molecule has 2 aromatic carbocycles. The first-order valence-electron chi connectivity index (χ1n) is 9.41. The fourth-order valence-electron chi connectivity index (χ4n) is 3.54. The van der Waals surface area contributed by atoms with Gasteiger partial charge in [-0.3, -0.25) is 9.78 Å². The molecule has 2 atom stereocenters. The number of rotatable bonds is 4. The number of hydrogen-bond donors (Lipinski definition) is 1. The van der Waals surface area contributed by atoms with Crippen molar-refractivity contribution in [3.05, 3.63) is 71.9 Å². The number of carbonyl (C=O) groups is 1. The monoisotopic (exact) mass is 398 g/mol. The summed E-state index contributed by atoms with van der Waals surface area (Å²) in [6, 6.07) is 13.0. The van der Waals surface area contributed by atoms with Gasteiger partial charge in [0.05, 0.1) is 18.5 Å². The number of amides is 1. The lowest BCUT2D eigenvalue weighted by atomic mass is 10.0. The number of aromatic nitrogens is 1. The zero-order chi connectivity index (χ0) is 20.4. The summed E-state index contributed by atoms with van der Waals surface area (Å²) in [5.41, 5.74) is 0.859. The molecule has 1 aliphatic heterocycles. The molecule has 2 heterocycles. The fraction of sp³-hybridized carbons (Fsp3) is 0.273. The third-order valence-electron chi connectivity index (χ3n) is 5.11. The Morgan fingerprint density at radius 1 is 1.21 bits per heavy atom. The van der Waals surface area contributed by atoms with E-state index in [1.807, 2.05) is 24.3 Å². The molecule has 0 radical (unpaired) electrons. The molecule has 0 spiro atoms. The Bertz CT molecular complexity index is 1040. The smallest absolute Gasteiger partial charge is 0.227 e. The van der Waals surface area contributed by atoms with Gasteiger partial charge in [0.15, 0.2) is 11.6 Å². The second kappa shape index (κ2) is 8.13. The summed E-state index contributed by atoms with van der Waals surface area (Å²) < 4.78 is 33.1. The predicted octanol–water partition coefficient (Wildman–Crippen LogP) is 3.10. The van der Waals surface area contributed by atoms with Crippen LogP contribution in [-0.2, 0) is 11.2 Å². The van der Waals surface area contributed by atoms with Crippen LogP contribution in [0.5, 0.6) is 5.75 Å². The van der Waals surface area contributed by atoms with Crippen LogP contribution < -0.4 is 4.74 Å². The van der Waals surface area contributed by atoms with E-state index in [-0.39, 0.29) is 24.4 Å². The van der Waals surface area contributed by atoms with Gasteiger partial charge in [0.25, 0.3) is 0 Å². The fourth-order valence-corrected chi connectivity index (χ4v) is 3.54. The molecule has 1 aliphatic rings. The quantitative estimate of drug-likeness (QED) is 0.734. The molecular weight excluding hydrogens is 378 g/mol. The number of pyridine rings is 1. The van der Waals surface area contributed by atoms with Crippen LogP contribution in [0.25, 0.3) is 10.9 Å².